The zero-order valence-electron chi connectivity index (χ0n) is 19.7. The molecule has 0 saturated heterocycles. The molecule has 0 bridgehead atoms. The number of pyridine rings is 1. The van der Waals surface area contributed by atoms with Crippen molar-refractivity contribution < 1.29 is 4.79 Å². The monoisotopic (exact) mass is 474 g/mol. The molecule has 0 radical (unpaired) electrons. The lowest BCUT2D eigenvalue weighted by atomic mass is 10.0. The zero-order chi connectivity index (χ0) is 24.6. The Hall–Kier alpha value is -4.78. The number of hydrogen-bond acceptors (Lipinski definition) is 4. The van der Waals surface area contributed by atoms with Crippen LogP contribution in [0.15, 0.2) is 110 Å². The summed E-state index contributed by atoms with van der Waals surface area (Å²) in [5.74, 6) is 0. The van der Waals surface area contributed by atoms with E-state index < -0.39 is 0 Å². The molecule has 5 aromatic rings. The molecule has 0 aliphatic rings. The molecular weight excluding hydrogens is 448 g/mol. The van der Waals surface area contributed by atoms with Crippen LogP contribution in [-0.4, -0.2) is 32.6 Å². The summed E-state index contributed by atoms with van der Waals surface area (Å²) < 4.78 is 1.82. The van der Waals surface area contributed by atoms with E-state index in [1.54, 1.807) is 12.4 Å². The van der Waals surface area contributed by atoms with Gasteiger partial charge in [-0.2, -0.15) is 0 Å². The van der Waals surface area contributed by atoms with Gasteiger partial charge in [0.25, 0.3) is 0 Å². The van der Waals surface area contributed by atoms with Gasteiger partial charge in [-0.15, -0.1) is 5.10 Å². The molecule has 0 atom stereocenters. The third-order valence-electron chi connectivity index (χ3n) is 5.82. The van der Waals surface area contributed by atoms with Gasteiger partial charge in [0.2, 0.25) is 0 Å². The van der Waals surface area contributed by atoms with Crippen molar-refractivity contribution in [3.8, 4) is 22.4 Å². The van der Waals surface area contributed by atoms with Gasteiger partial charge in [-0.05, 0) is 41.3 Å². The van der Waals surface area contributed by atoms with E-state index in [1.807, 2.05) is 77.6 Å². The molecule has 178 valence electrons. The highest BCUT2D eigenvalue weighted by molar-refractivity contribution is 5.94. The quantitative estimate of drug-likeness (QED) is 0.315. The predicted octanol–water partition coefficient (Wildman–Crippen LogP) is 5.42. The molecule has 0 aliphatic heterocycles. The van der Waals surface area contributed by atoms with E-state index in [0.717, 1.165) is 45.6 Å². The standard InChI is InChI=1S/C29H26N6O/c36-29(32-27-11-5-4-10-26(27)24-7-2-1-3-8-24)31-18-16-22-12-14-23(15-13-22)20-35-21-28(33-34-35)25-9-6-17-30-19-25/h1-15,17,19,21H,16,18,20H2,(H2,31,32,36). The minimum absolute atomic E-state index is 0.217. The maximum atomic E-state index is 12.5. The molecule has 0 fully saturated rings. The number of urea groups is 1. The van der Waals surface area contributed by atoms with Crippen LogP contribution in [0.2, 0.25) is 0 Å². The maximum Gasteiger partial charge on any atom is 0.319 e. The van der Waals surface area contributed by atoms with Gasteiger partial charge in [-0.3, -0.25) is 4.98 Å². The van der Waals surface area contributed by atoms with Crippen LogP contribution in [0.5, 0.6) is 0 Å². The first kappa shape index (κ1) is 23.0. The van der Waals surface area contributed by atoms with Crippen molar-refractivity contribution >= 4 is 11.7 Å². The number of anilines is 1. The van der Waals surface area contributed by atoms with Gasteiger partial charge in [0.1, 0.15) is 5.69 Å². The SMILES string of the molecule is O=C(NCCc1ccc(Cn2cc(-c3cccnc3)nn2)cc1)Nc1ccccc1-c1ccccc1. The summed E-state index contributed by atoms with van der Waals surface area (Å²) in [7, 11) is 0. The van der Waals surface area contributed by atoms with Gasteiger partial charge >= 0.3 is 6.03 Å². The molecule has 7 heteroatoms. The Morgan fingerprint density at radius 1 is 0.806 bits per heavy atom. The van der Waals surface area contributed by atoms with Crippen LogP contribution >= 0.6 is 0 Å². The molecule has 36 heavy (non-hydrogen) atoms. The number of para-hydroxylation sites is 1. The second kappa shape index (κ2) is 11.1. The summed E-state index contributed by atoms with van der Waals surface area (Å²) in [5.41, 5.74) is 6.86. The molecule has 5 rings (SSSR count). The van der Waals surface area contributed by atoms with Gasteiger partial charge in [0.05, 0.1) is 18.4 Å². The van der Waals surface area contributed by atoms with Crippen LogP contribution in [-0.2, 0) is 13.0 Å². The van der Waals surface area contributed by atoms with Gasteiger partial charge in [-0.1, -0.05) is 78.0 Å². The molecule has 0 aliphatic carbocycles. The van der Waals surface area contributed by atoms with E-state index in [4.69, 9.17) is 0 Å². The first-order valence-electron chi connectivity index (χ1n) is 11.8. The van der Waals surface area contributed by atoms with Crippen molar-refractivity contribution in [1.29, 1.82) is 0 Å². The average molecular weight is 475 g/mol. The summed E-state index contributed by atoms with van der Waals surface area (Å²) in [6.45, 7) is 1.17. The van der Waals surface area contributed by atoms with E-state index in [2.05, 4.69) is 50.2 Å². The molecule has 7 nitrogen and oxygen atoms in total. The summed E-state index contributed by atoms with van der Waals surface area (Å²) in [6.07, 6.45) is 6.17. The van der Waals surface area contributed by atoms with Crippen molar-refractivity contribution in [2.45, 2.75) is 13.0 Å². The van der Waals surface area contributed by atoms with Crippen LogP contribution < -0.4 is 10.6 Å². The van der Waals surface area contributed by atoms with Crippen molar-refractivity contribution in [3.05, 3.63) is 121 Å². The van der Waals surface area contributed by atoms with Crippen LogP contribution in [0.3, 0.4) is 0 Å². The fraction of sp³-hybridized carbons (Fsp3) is 0.103. The summed E-state index contributed by atoms with van der Waals surface area (Å²) in [6, 6.07) is 29.8. The van der Waals surface area contributed by atoms with Gasteiger partial charge in [-0.25, -0.2) is 9.48 Å². The van der Waals surface area contributed by atoms with Crippen molar-refractivity contribution in [2.24, 2.45) is 0 Å². The highest BCUT2D eigenvalue weighted by atomic mass is 16.2. The lowest BCUT2D eigenvalue weighted by molar-refractivity contribution is 0.252. The summed E-state index contributed by atoms with van der Waals surface area (Å²) in [4.78, 5) is 16.6. The van der Waals surface area contributed by atoms with Gasteiger partial charge < -0.3 is 10.6 Å². The van der Waals surface area contributed by atoms with Crippen molar-refractivity contribution in [3.63, 3.8) is 0 Å². The Morgan fingerprint density at radius 2 is 1.56 bits per heavy atom. The van der Waals surface area contributed by atoms with Crippen LogP contribution in [0.1, 0.15) is 11.1 Å². The molecule has 2 heterocycles. The maximum absolute atomic E-state index is 12.5. The van der Waals surface area contributed by atoms with Crippen molar-refractivity contribution in [2.75, 3.05) is 11.9 Å². The van der Waals surface area contributed by atoms with E-state index >= 15 is 0 Å². The number of amides is 2. The van der Waals surface area contributed by atoms with E-state index in [1.165, 1.54) is 0 Å². The molecule has 0 unspecified atom stereocenters. The van der Waals surface area contributed by atoms with Gasteiger partial charge in [0, 0.05) is 30.1 Å². The third-order valence-corrected chi connectivity index (χ3v) is 5.82. The molecular formula is C29H26N6O. The van der Waals surface area contributed by atoms with Crippen molar-refractivity contribution in [1.82, 2.24) is 25.3 Å². The minimum Gasteiger partial charge on any atom is -0.338 e. The molecule has 2 amide bonds. The Labute approximate surface area is 209 Å². The molecule has 3 aromatic carbocycles. The van der Waals surface area contributed by atoms with Gasteiger partial charge in [0.15, 0.2) is 0 Å². The Morgan fingerprint density at radius 3 is 2.36 bits per heavy atom. The number of rotatable bonds is 8. The second-order valence-electron chi connectivity index (χ2n) is 8.40. The van der Waals surface area contributed by atoms with Crippen LogP contribution in [0.4, 0.5) is 10.5 Å². The topological polar surface area (TPSA) is 84.7 Å². The molecule has 2 aromatic heterocycles. The largest absolute Gasteiger partial charge is 0.338 e. The minimum atomic E-state index is -0.217. The number of carbonyl (C=O) groups is 1. The molecule has 0 spiro atoms. The fourth-order valence-electron chi connectivity index (χ4n) is 3.97. The zero-order valence-corrected chi connectivity index (χ0v) is 19.7. The number of nitrogens with zero attached hydrogens (tertiary/aromatic N) is 4. The lowest BCUT2D eigenvalue weighted by Crippen LogP contribution is -2.30. The number of nitrogens with one attached hydrogen (secondary N) is 2. The summed E-state index contributed by atoms with van der Waals surface area (Å²) in [5, 5.41) is 14.4. The molecule has 2 N–H and O–H groups in total. The Balaban J connectivity index is 1.11. The third kappa shape index (κ3) is 5.82. The highest BCUT2D eigenvalue weighted by Crippen LogP contribution is 2.27. The smallest absolute Gasteiger partial charge is 0.319 e. The van der Waals surface area contributed by atoms with E-state index in [-0.39, 0.29) is 6.03 Å². The Bertz CT molecular complexity index is 1420. The lowest BCUT2D eigenvalue weighted by Gasteiger charge is -2.12. The summed E-state index contributed by atoms with van der Waals surface area (Å²) >= 11 is 0. The number of hydrogen-bond donors (Lipinski definition) is 2. The number of carbonyl (C=O) groups excluding carboxylic acids is 1. The highest BCUT2D eigenvalue weighted by Gasteiger charge is 2.08. The van der Waals surface area contributed by atoms with Crippen LogP contribution in [0, 0.1) is 0 Å². The van der Waals surface area contributed by atoms with E-state index in [9.17, 15) is 4.79 Å². The normalized spacial score (nSPS) is 10.7. The average Bonchev–Trinajstić information content (AvgIpc) is 3.39. The second-order valence-corrected chi connectivity index (χ2v) is 8.40. The first-order chi connectivity index (χ1) is 17.7. The first-order valence-corrected chi connectivity index (χ1v) is 11.8. The predicted molar refractivity (Wildman–Crippen MR) is 141 cm³/mol. The van der Waals surface area contributed by atoms with E-state index in [0.29, 0.717) is 13.1 Å². The number of aromatic nitrogens is 4. The fourth-order valence-corrected chi connectivity index (χ4v) is 3.97. The number of benzene rings is 3. The Kier molecular flexibility index (Phi) is 7.09. The molecule has 0 saturated carbocycles. The van der Waals surface area contributed by atoms with Crippen LogP contribution in [0.25, 0.3) is 22.4 Å².